The summed E-state index contributed by atoms with van der Waals surface area (Å²) in [5.41, 5.74) is 23.5. The predicted molar refractivity (Wildman–Crippen MR) is 286 cm³/mol. The molecule has 0 amide bonds. The minimum Gasteiger partial charge on any atom is -0.449 e. The van der Waals surface area contributed by atoms with E-state index < -0.39 is 10.8 Å². The molecule has 6 aliphatic rings. The van der Waals surface area contributed by atoms with Gasteiger partial charge in [-0.2, -0.15) is 0 Å². The molecule has 0 N–H and O–H groups in total. The highest BCUT2D eigenvalue weighted by Crippen LogP contribution is 2.68. The number of hydrogen-bond donors (Lipinski definition) is 0. The Hall–Kier alpha value is -8.92. The first kappa shape index (κ1) is 39.0. The van der Waals surface area contributed by atoms with Crippen molar-refractivity contribution in [3.8, 4) is 67.5 Å². The van der Waals surface area contributed by atoms with Gasteiger partial charge in [0.1, 0.15) is 0 Å². The summed E-state index contributed by atoms with van der Waals surface area (Å²) in [5, 5.41) is 0. The molecule has 0 bridgehead atoms. The number of para-hydroxylation sites is 1. The second-order valence-electron chi connectivity index (χ2n) is 19.7. The predicted octanol–water partition coefficient (Wildman–Crippen LogP) is 17.3. The van der Waals surface area contributed by atoms with Gasteiger partial charge in [0.25, 0.3) is 0 Å². The van der Waals surface area contributed by atoms with Crippen LogP contribution in [0.15, 0.2) is 243 Å². The van der Waals surface area contributed by atoms with Crippen molar-refractivity contribution in [2.45, 2.75) is 23.2 Å². The number of fused-ring (bicyclic) bond motifs is 23. The summed E-state index contributed by atoms with van der Waals surface area (Å²) in [4.78, 5) is 2.38. The van der Waals surface area contributed by atoms with Crippen molar-refractivity contribution in [3.05, 3.63) is 293 Å². The van der Waals surface area contributed by atoms with Crippen LogP contribution in [0.1, 0.15) is 62.4 Å². The van der Waals surface area contributed by atoms with Crippen LogP contribution in [0.2, 0.25) is 0 Å². The lowest BCUT2D eigenvalue weighted by Gasteiger charge is -2.34. The minimum absolute atomic E-state index is 0.332. The number of benzene rings is 10. The highest BCUT2D eigenvalue weighted by atomic mass is 16.6. The average molecular weight is 906 g/mol. The maximum absolute atomic E-state index is 7.33. The van der Waals surface area contributed by atoms with Crippen LogP contribution < -0.4 is 14.4 Å². The molecule has 1 atom stereocenters. The van der Waals surface area contributed by atoms with Crippen LogP contribution >= 0.6 is 0 Å². The summed E-state index contributed by atoms with van der Waals surface area (Å²) in [6, 6.07) is 80.8. The van der Waals surface area contributed by atoms with Crippen molar-refractivity contribution in [2.24, 2.45) is 0 Å². The van der Waals surface area contributed by atoms with Crippen LogP contribution in [-0.2, 0) is 10.8 Å². The molecule has 0 saturated carbocycles. The quantitative estimate of drug-likeness (QED) is 0.176. The topological polar surface area (TPSA) is 21.7 Å². The van der Waals surface area contributed by atoms with E-state index in [9.17, 15) is 0 Å². The van der Waals surface area contributed by atoms with Gasteiger partial charge in [-0.05, 0) is 138 Å². The SMILES string of the molecule is C1=CCC(c2ccc(N(c3ccc4c(c3)C3(c5ccccc5-c5ccccc53)c3ccccc3-4)c3cccc4c3Oc3ccc5c(c3O4)-c3ccccc3C53c4ccccc4-c4ccccc43)cc2)C=C1. The molecule has 1 aliphatic heterocycles. The Balaban J connectivity index is 0.889. The lowest BCUT2D eigenvalue weighted by atomic mass is 9.70. The summed E-state index contributed by atoms with van der Waals surface area (Å²) in [7, 11) is 0. The monoisotopic (exact) mass is 905 g/mol. The normalized spacial score (nSPS) is 16.3. The van der Waals surface area contributed by atoms with Crippen LogP contribution in [0.3, 0.4) is 0 Å². The fourth-order valence-corrected chi connectivity index (χ4v) is 13.7. The van der Waals surface area contributed by atoms with Crippen molar-refractivity contribution in [3.63, 3.8) is 0 Å². The smallest absolute Gasteiger partial charge is 0.194 e. The van der Waals surface area contributed by atoms with Crippen LogP contribution in [0.25, 0.3) is 44.5 Å². The Bertz CT molecular complexity index is 3900. The lowest BCUT2D eigenvalue weighted by Crippen LogP contribution is -2.26. The van der Waals surface area contributed by atoms with Gasteiger partial charge in [0.2, 0.25) is 0 Å². The molecule has 0 saturated heterocycles. The number of anilines is 3. The first-order chi connectivity index (χ1) is 35.2. The van der Waals surface area contributed by atoms with Gasteiger partial charge in [0.05, 0.1) is 16.5 Å². The Labute approximate surface area is 412 Å². The molecule has 3 heteroatoms. The molecule has 0 radical (unpaired) electrons. The van der Waals surface area contributed by atoms with E-state index in [1.54, 1.807) is 0 Å². The number of allylic oxidation sites excluding steroid dienone is 4. The first-order valence-corrected chi connectivity index (χ1v) is 24.9. The summed E-state index contributed by atoms with van der Waals surface area (Å²) in [5.74, 6) is 3.14. The third kappa shape index (κ3) is 4.97. The maximum Gasteiger partial charge on any atom is 0.194 e. The summed E-state index contributed by atoms with van der Waals surface area (Å²) in [6.45, 7) is 0. The summed E-state index contributed by atoms with van der Waals surface area (Å²) < 4.78 is 14.6. The van der Waals surface area contributed by atoms with E-state index in [0.717, 1.165) is 34.8 Å². The van der Waals surface area contributed by atoms with Crippen molar-refractivity contribution in [2.75, 3.05) is 4.90 Å². The van der Waals surface area contributed by atoms with Crippen molar-refractivity contribution < 1.29 is 9.47 Å². The van der Waals surface area contributed by atoms with Gasteiger partial charge in [-0.25, -0.2) is 0 Å². The number of hydrogen-bond acceptors (Lipinski definition) is 3. The molecule has 1 heterocycles. The Morgan fingerprint density at radius 2 is 0.845 bits per heavy atom. The van der Waals surface area contributed by atoms with Gasteiger partial charge in [-0.3, -0.25) is 0 Å². The average Bonchev–Trinajstić information content (AvgIpc) is 4.12. The van der Waals surface area contributed by atoms with E-state index in [1.165, 1.54) is 89.0 Å². The summed E-state index contributed by atoms with van der Waals surface area (Å²) in [6.07, 6.45) is 9.85. The molecule has 16 rings (SSSR count). The van der Waals surface area contributed by atoms with E-state index in [2.05, 4.69) is 248 Å². The molecular weight excluding hydrogens is 863 g/mol. The molecule has 2 spiro atoms. The number of ether oxygens (including phenoxy) is 2. The van der Waals surface area contributed by atoms with E-state index in [0.29, 0.717) is 23.2 Å². The molecule has 332 valence electrons. The summed E-state index contributed by atoms with van der Waals surface area (Å²) >= 11 is 0. The van der Waals surface area contributed by atoms with E-state index >= 15 is 0 Å². The third-order valence-electron chi connectivity index (χ3n) is 16.5. The molecular formula is C68H43NO2. The fourth-order valence-electron chi connectivity index (χ4n) is 13.7. The zero-order valence-corrected chi connectivity index (χ0v) is 38.6. The minimum atomic E-state index is -0.492. The molecule has 0 fully saturated rings. The second-order valence-corrected chi connectivity index (χ2v) is 19.7. The van der Waals surface area contributed by atoms with Gasteiger partial charge in [-0.15, -0.1) is 0 Å². The molecule has 10 aromatic rings. The lowest BCUT2D eigenvalue weighted by molar-refractivity contribution is 0.361. The zero-order valence-electron chi connectivity index (χ0n) is 38.6. The van der Waals surface area contributed by atoms with Gasteiger partial charge in [0, 0.05) is 22.9 Å². The molecule has 5 aliphatic carbocycles. The van der Waals surface area contributed by atoms with Crippen molar-refractivity contribution in [1.82, 2.24) is 0 Å². The highest BCUT2D eigenvalue weighted by Gasteiger charge is 2.54. The largest absolute Gasteiger partial charge is 0.449 e. The van der Waals surface area contributed by atoms with Crippen LogP contribution in [0.4, 0.5) is 17.1 Å². The van der Waals surface area contributed by atoms with Gasteiger partial charge in [-0.1, -0.05) is 200 Å². The zero-order chi connectivity index (χ0) is 46.4. The fraction of sp³-hybridized carbons (Fsp3) is 0.0588. The molecule has 71 heavy (non-hydrogen) atoms. The highest BCUT2D eigenvalue weighted by molar-refractivity contribution is 5.99. The second kappa shape index (κ2) is 14.3. The molecule has 10 aromatic carbocycles. The van der Waals surface area contributed by atoms with Gasteiger partial charge >= 0.3 is 0 Å². The van der Waals surface area contributed by atoms with Crippen LogP contribution in [0, 0.1) is 0 Å². The van der Waals surface area contributed by atoms with Crippen LogP contribution in [0.5, 0.6) is 23.0 Å². The third-order valence-corrected chi connectivity index (χ3v) is 16.5. The molecule has 3 nitrogen and oxygen atoms in total. The first-order valence-electron chi connectivity index (χ1n) is 24.9. The van der Waals surface area contributed by atoms with Gasteiger partial charge in [0.15, 0.2) is 23.0 Å². The standard InChI is InChI=1S/C68H43NO2/c1-2-17-42(18-3-1)43-33-35-44(36-34-43)69(45-37-38-51-50-23-8-14-29-57(50)68(60(51)41-45)55-27-12-6-21-48(55)49-22-7-13-28-56(49)68)61-31-16-32-62-65(61)70-63-40-39-59-64(66(63)71-62)52-24-9-15-30-58(52)67(59)53-25-10-4-19-46(53)47-20-5-11-26-54(47)67/h1-17,19-42H,18H2. The van der Waals surface area contributed by atoms with E-state index in [-0.39, 0.29) is 0 Å². The maximum atomic E-state index is 7.33. The van der Waals surface area contributed by atoms with Gasteiger partial charge < -0.3 is 14.4 Å². The van der Waals surface area contributed by atoms with Crippen LogP contribution in [-0.4, -0.2) is 0 Å². The molecule has 0 aromatic heterocycles. The van der Waals surface area contributed by atoms with Crippen molar-refractivity contribution >= 4 is 17.1 Å². The Morgan fingerprint density at radius 3 is 1.41 bits per heavy atom. The number of rotatable bonds is 4. The molecule has 1 unspecified atom stereocenters. The van der Waals surface area contributed by atoms with Crippen molar-refractivity contribution in [1.29, 1.82) is 0 Å². The van der Waals surface area contributed by atoms with E-state index in [4.69, 9.17) is 9.47 Å². The Kier molecular flexibility index (Phi) is 7.86. The Morgan fingerprint density at radius 1 is 0.366 bits per heavy atom. The van der Waals surface area contributed by atoms with E-state index in [1.807, 2.05) is 0 Å². The number of nitrogens with zero attached hydrogens (tertiary/aromatic N) is 1.